The molecule has 0 aromatic carbocycles. The van der Waals surface area contributed by atoms with E-state index in [0.29, 0.717) is 0 Å². The first-order chi connectivity index (χ1) is 5.89. The molecular weight excluding hydrogens is 192 g/mol. The Bertz CT molecular complexity index is 149. The highest BCUT2D eigenvalue weighted by molar-refractivity contribution is 7.83. The number of rotatable bonds is 4. The van der Waals surface area contributed by atoms with E-state index >= 15 is 0 Å². The molecule has 13 heavy (non-hydrogen) atoms. The van der Waals surface area contributed by atoms with Gasteiger partial charge in [-0.3, -0.25) is 0 Å². The second-order valence-electron chi connectivity index (χ2n) is 4.78. The second kappa shape index (κ2) is 5.25. The van der Waals surface area contributed by atoms with Crippen molar-refractivity contribution in [3.63, 3.8) is 0 Å². The van der Waals surface area contributed by atoms with Crippen molar-refractivity contribution in [1.82, 2.24) is 0 Å². The van der Waals surface area contributed by atoms with Crippen molar-refractivity contribution >= 4 is 20.7 Å². The molecule has 0 bridgehead atoms. The van der Waals surface area contributed by atoms with Crippen molar-refractivity contribution in [3.05, 3.63) is 11.1 Å². The predicted molar refractivity (Wildman–Crippen MR) is 69.2 cm³/mol. The summed E-state index contributed by atoms with van der Waals surface area (Å²) in [6.45, 7) is 14.2. The molecule has 0 nitrogen and oxygen atoms in total. The summed E-state index contributed by atoms with van der Waals surface area (Å²) in [7, 11) is -1.28. The zero-order chi connectivity index (χ0) is 10.6. The van der Waals surface area contributed by atoms with Crippen LogP contribution in [0.25, 0.3) is 0 Å². The molecule has 0 saturated heterocycles. The first-order valence-corrected chi connectivity index (χ1v) is 8.04. The lowest BCUT2D eigenvalue weighted by Gasteiger charge is -2.40. The van der Waals surface area contributed by atoms with Crippen molar-refractivity contribution in [1.29, 1.82) is 0 Å². The van der Waals surface area contributed by atoms with E-state index in [1.807, 2.05) is 5.41 Å². The molecule has 0 aliphatic rings. The Morgan fingerprint density at radius 2 is 1.15 bits per heavy atom. The zero-order valence-corrected chi connectivity index (χ0v) is 11.7. The van der Waals surface area contributed by atoms with E-state index in [1.54, 1.807) is 0 Å². The van der Waals surface area contributed by atoms with Gasteiger partial charge in [-0.2, -0.15) is 12.6 Å². The Kier molecular flexibility index (Phi) is 5.38. The van der Waals surface area contributed by atoms with Gasteiger partial charge in [-0.25, -0.2) is 0 Å². The lowest BCUT2D eigenvalue weighted by atomic mass is 10.5. The summed E-state index contributed by atoms with van der Waals surface area (Å²) >= 11 is 4.25. The average Bonchev–Trinajstić information content (AvgIpc) is 1.97. The molecule has 0 atom stereocenters. The molecule has 0 saturated carbocycles. The average molecular weight is 216 g/mol. The van der Waals surface area contributed by atoms with Gasteiger partial charge in [0.25, 0.3) is 0 Å². The summed E-state index contributed by atoms with van der Waals surface area (Å²) < 4.78 is 0. The van der Waals surface area contributed by atoms with Crippen LogP contribution in [0.1, 0.15) is 41.5 Å². The molecular formula is C11H24SSi. The van der Waals surface area contributed by atoms with Crippen LogP contribution in [0.2, 0.25) is 16.6 Å². The van der Waals surface area contributed by atoms with Gasteiger partial charge in [-0.05, 0) is 22.0 Å². The Labute approximate surface area is 90.2 Å². The van der Waals surface area contributed by atoms with Crippen molar-refractivity contribution in [3.8, 4) is 0 Å². The third-order valence-electron chi connectivity index (χ3n) is 3.36. The maximum Gasteiger partial charge on any atom is 0.0860 e. The zero-order valence-electron chi connectivity index (χ0n) is 9.83. The third-order valence-corrected chi connectivity index (χ3v) is 10.5. The van der Waals surface area contributed by atoms with Crippen molar-refractivity contribution in [2.45, 2.75) is 58.2 Å². The van der Waals surface area contributed by atoms with Gasteiger partial charge in [0.15, 0.2) is 0 Å². The molecule has 0 aromatic rings. The number of hydrogen-bond acceptors (Lipinski definition) is 1. The molecule has 0 radical (unpaired) electrons. The van der Waals surface area contributed by atoms with Crippen LogP contribution in [0.5, 0.6) is 0 Å². The fraction of sp³-hybridized carbons (Fsp3) is 0.818. The normalized spacial score (nSPS) is 14.0. The summed E-state index contributed by atoms with van der Waals surface area (Å²) in [4.78, 5) is 0. The summed E-state index contributed by atoms with van der Waals surface area (Å²) in [6, 6.07) is 0. The number of hydrogen-bond donors (Lipinski definition) is 1. The second-order valence-corrected chi connectivity index (χ2v) is 10.9. The van der Waals surface area contributed by atoms with Gasteiger partial charge in [0.05, 0.1) is 8.07 Å². The highest BCUT2D eigenvalue weighted by Crippen LogP contribution is 2.42. The van der Waals surface area contributed by atoms with Crippen molar-refractivity contribution in [2.24, 2.45) is 0 Å². The summed E-state index contributed by atoms with van der Waals surface area (Å²) in [5, 5.41) is 1.96. The molecule has 0 heterocycles. The summed E-state index contributed by atoms with van der Waals surface area (Å²) in [6.07, 6.45) is 0. The fourth-order valence-corrected chi connectivity index (χ4v) is 8.89. The summed E-state index contributed by atoms with van der Waals surface area (Å²) in [5.74, 6) is 0. The molecule has 0 aliphatic heterocycles. The molecule has 0 N–H and O–H groups in total. The number of thiol groups is 1. The van der Waals surface area contributed by atoms with Gasteiger partial charge in [-0.1, -0.05) is 47.2 Å². The van der Waals surface area contributed by atoms with Crippen LogP contribution >= 0.6 is 12.6 Å². The Balaban J connectivity index is 5.05. The van der Waals surface area contributed by atoms with Gasteiger partial charge >= 0.3 is 0 Å². The molecule has 0 rings (SSSR count). The largest absolute Gasteiger partial charge is 0.152 e. The quantitative estimate of drug-likeness (QED) is 0.513. The van der Waals surface area contributed by atoms with Crippen LogP contribution in [0.3, 0.4) is 0 Å². The van der Waals surface area contributed by atoms with E-state index in [2.05, 4.69) is 59.9 Å². The maximum absolute atomic E-state index is 4.25. The first-order valence-electron chi connectivity index (χ1n) is 5.21. The highest BCUT2D eigenvalue weighted by Gasteiger charge is 2.39. The minimum atomic E-state index is -1.28. The van der Waals surface area contributed by atoms with E-state index in [0.717, 1.165) is 16.6 Å². The molecule has 78 valence electrons. The molecule has 0 spiro atoms. The molecule has 0 aromatic heterocycles. The summed E-state index contributed by atoms with van der Waals surface area (Å²) in [5.41, 5.74) is 4.82. The lowest BCUT2D eigenvalue weighted by molar-refractivity contribution is 0.833. The monoisotopic (exact) mass is 216 g/mol. The van der Waals surface area contributed by atoms with E-state index in [-0.39, 0.29) is 0 Å². The van der Waals surface area contributed by atoms with Crippen LogP contribution < -0.4 is 0 Å². The van der Waals surface area contributed by atoms with E-state index in [4.69, 9.17) is 0 Å². The highest BCUT2D eigenvalue weighted by atomic mass is 32.1. The molecule has 0 unspecified atom stereocenters. The maximum atomic E-state index is 4.25. The first kappa shape index (κ1) is 13.3. The van der Waals surface area contributed by atoms with Gasteiger partial charge in [0.1, 0.15) is 0 Å². The standard InChI is InChI=1S/C11H24SSi/c1-9(2)13(8-7-12,10(3)4)11(5)6/h7-12H,1-6H3/b8-7+. The minimum absolute atomic E-state index is 0.802. The van der Waals surface area contributed by atoms with Crippen LogP contribution in [-0.2, 0) is 0 Å². The molecule has 2 heteroatoms. The molecule has 0 aliphatic carbocycles. The van der Waals surface area contributed by atoms with Crippen LogP contribution in [-0.4, -0.2) is 8.07 Å². The Morgan fingerprint density at radius 3 is 1.23 bits per heavy atom. The van der Waals surface area contributed by atoms with Gasteiger partial charge in [0.2, 0.25) is 0 Å². The van der Waals surface area contributed by atoms with Gasteiger partial charge in [-0.15, -0.1) is 0 Å². The van der Waals surface area contributed by atoms with Crippen LogP contribution in [0.15, 0.2) is 11.1 Å². The Morgan fingerprint density at radius 1 is 0.846 bits per heavy atom. The van der Waals surface area contributed by atoms with Gasteiger partial charge in [0, 0.05) is 0 Å². The van der Waals surface area contributed by atoms with Crippen LogP contribution in [0, 0.1) is 0 Å². The smallest absolute Gasteiger partial charge is 0.0860 e. The predicted octanol–water partition coefficient (Wildman–Crippen LogP) is 4.65. The molecule has 0 amide bonds. The third kappa shape index (κ3) is 2.63. The lowest BCUT2D eigenvalue weighted by Crippen LogP contribution is -2.42. The van der Waals surface area contributed by atoms with Gasteiger partial charge < -0.3 is 0 Å². The SMILES string of the molecule is CC(C)[Si](/C=C/S)(C(C)C)C(C)C. The van der Waals surface area contributed by atoms with Crippen molar-refractivity contribution in [2.75, 3.05) is 0 Å². The topological polar surface area (TPSA) is 0 Å². The van der Waals surface area contributed by atoms with E-state index in [1.165, 1.54) is 0 Å². The van der Waals surface area contributed by atoms with E-state index in [9.17, 15) is 0 Å². The van der Waals surface area contributed by atoms with E-state index < -0.39 is 8.07 Å². The van der Waals surface area contributed by atoms with Crippen LogP contribution in [0.4, 0.5) is 0 Å². The van der Waals surface area contributed by atoms with Crippen molar-refractivity contribution < 1.29 is 0 Å². The fourth-order valence-electron chi connectivity index (χ4n) is 2.71. The molecule has 0 fully saturated rings. The minimum Gasteiger partial charge on any atom is -0.152 e. The Hall–Kier alpha value is 0.307.